The molecule has 2 N–H and O–H groups in total. The van der Waals surface area contributed by atoms with E-state index in [1.807, 2.05) is 0 Å². The van der Waals surface area contributed by atoms with Gasteiger partial charge in [0.15, 0.2) is 0 Å². The number of nitrogens with zero attached hydrogens (tertiary/aromatic N) is 1. The van der Waals surface area contributed by atoms with E-state index in [2.05, 4.69) is 4.98 Å². The molecule has 1 heterocycles. The fourth-order valence-corrected chi connectivity index (χ4v) is 1.32. The molecule has 0 saturated carbocycles. The zero-order valence-corrected chi connectivity index (χ0v) is 6.08. The highest BCUT2D eigenvalue weighted by atomic mass is 32.1. The van der Waals surface area contributed by atoms with Gasteiger partial charge in [0.1, 0.15) is 10.7 Å². The average molecular weight is 164 g/mol. The van der Waals surface area contributed by atoms with Crippen LogP contribution in [0.4, 0.5) is 13.8 Å². The van der Waals surface area contributed by atoms with Gasteiger partial charge < -0.3 is 5.73 Å². The summed E-state index contributed by atoms with van der Waals surface area (Å²) in [6.45, 7) is 1.65. The van der Waals surface area contributed by atoms with E-state index in [9.17, 15) is 8.78 Å². The van der Waals surface area contributed by atoms with Gasteiger partial charge in [0, 0.05) is 0 Å². The SMILES string of the molecule is Cc1nc(C(F)F)c(N)s1. The summed E-state index contributed by atoms with van der Waals surface area (Å²) < 4.78 is 23.8. The lowest BCUT2D eigenvalue weighted by atomic mass is 10.5. The van der Waals surface area contributed by atoms with Gasteiger partial charge in [0.2, 0.25) is 0 Å². The normalized spacial score (nSPS) is 10.8. The maximum Gasteiger partial charge on any atom is 0.283 e. The summed E-state index contributed by atoms with van der Waals surface area (Å²) in [6, 6.07) is 0. The summed E-state index contributed by atoms with van der Waals surface area (Å²) in [5.74, 6) is 0. The third kappa shape index (κ3) is 1.23. The molecule has 0 radical (unpaired) electrons. The predicted molar refractivity (Wildman–Crippen MR) is 36.2 cm³/mol. The van der Waals surface area contributed by atoms with Crippen LogP contribution in [0.15, 0.2) is 0 Å². The van der Waals surface area contributed by atoms with Gasteiger partial charge >= 0.3 is 0 Å². The number of aromatic nitrogens is 1. The van der Waals surface area contributed by atoms with Crippen LogP contribution in [0.25, 0.3) is 0 Å². The number of thiazole rings is 1. The van der Waals surface area contributed by atoms with Crippen molar-refractivity contribution in [3.8, 4) is 0 Å². The molecule has 0 aliphatic carbocycles. The maximum atomic E-state index is 11.9. The minimum Gasteiger partial charge on any atom is -0.389 e. The van der Waals surface area contributed by atoms with Gasteiger partial charge in [-0.25, -0.2) is 13.8 Å². The van der Waals surface area contributed by atoms with Crippen LogP contribution in [-0.2, 0) is 0 Å². The molecular weight excluding hydrogens is 158 g/mol. The standard InChI is InChI=1S/C5H6F2N2S/c1-2-9-3(4(6)7)5(8)10-2/h4H,8H2,1H3. The zero-order valence-electron chi connectivity index (χ0n) is 5.27. The van der Waals surface area contributed by atoms with E-state index in [4.69, 9.17) is 5.73 Å². The first-order valence-electron chi connectivity index (χ1n) is 2.62. The Labute approximate surface area is 60.7 Å². The number of hydrogen-bond acceptors (Lipinski definition) is 3. The molecular formula is C5H6F2N2S. The van der Waals surface area contributed by atoms with Crippen LogP contribution in [0.3, 0.4) is 0 Å². The topological polar surface area (TPSA) is 38.9 Å². The number of rotatable bonds is 1. The second-order valence-corrected chi connectivity index (χ2v) is 3.02. The molecule has 0 spiro atoms. The lowest BCUT2D eigenvalue weighted by molar-refractivity contribution is 0.147. The number of aryl methyl sites for hydroxylation is 1. The number of nitrogen functional groups attached to an aromatic ring is 1. The predicted octanol–water partition coefficient (Wildman–Crippen LogP) is 1.97. The summed E-state index contributed by atoms with van der Waals surface area (Å²) >= 11 is 1.08. The van der Waals surface area contributed by atoms with Crippen LogP contribution in [0.1, 0.15) is 17.1 Å². The molecule has 0 atom stereocenters. The molecule has 0 aromatic carbocycles. The second-order valence-electron chi connectivity index (χ2n) is 1.78. The molecule has 2 nitrogen and oxygen atoms in total. The Morgan fingerprint density at radius 1 is 1.60 bits per heavy atom. The molecule has 5 heteroatoms. The van der Waals surface area contributed by atoms with Gasteiger partial charge in [0.25, 0.3) is 6.43 Å². The van der Waals surface area contributed by atoms with E-state index in [0.29, 0.717) is 5.01 Å². The summed E-state index contributed by atoms with van der Waals surface area (Å²) in [5, 5.41) is 0.695. The Balaban J connectivity index is 3.03. The lowest BCUT2D eigenvalue weighted by Gasteiger charge is -1.91. The Hall–Kier alpha value is -0.710. The number of alkyl halides is 2. The van der Waals surface area contributed by atoms with Gasteiger partial charge in [-0.2, -0.15) is 0 Å². The van der Waals surface area contributed by atoms with Crippen molar-refractivity contribution in [3.05, 3.63) is 10.7 Å². The van der Waals surface area contributed by atoms with Crippen molar-refractivity contribution in [2.24, 2.45) is 0 Å². The Kier molecular flexibility index (Phi) is 1.85. The van der Waals surface area contributed by atoms with Crippen molar-refractivity contribution in [1.82, 2.24) is 4.98 Å². The molecule has 1 aromatic rings. The molecule has 0 amide bonds. The highest BCUT2D eigenvalue weighted by Crippen LogP contribution is 2.28. The van der Waals surface area contributed by atoms with Crippen molar-refractivity contribution >= 4 is 16.3 Å². The summed E-state index contributed by atoms with van der Waals surface area (Å²) in [7, 11) is 0. The van der Waals surface area contributed by atoms with Crippen LogP contribution < -0.4 is 5.73 Å². The maximum absolute atomic E-state index is 11.9. The van der Waals surface area contributed by atoms with Crippen LogP contribution in [0.5, 0.6) is 0 Å². The number of nitrogens with two attached hydrogens (primary N) is 1. The summed E-state index contributed by atoms with van der Waals surface area (Å²) in [4.78, 5) is 3.55. The van der Waals surface area contributed by atoms with Crippen molar-refractivity contribution in [2.45, 2.75) is 13.3 Å². The quantitative estimate of drug-likeness (QED) is 0.689. The summed E-state index contributed by atoms with van der Waals surface area (Å²) in [5.41, 5.74) is 4.93. The van der Waals surface area contributed by atoms with Gasteiger partial charge in [0.05, 0.1) is 5.01 Å². The molecule has 10 heavy (non-hydrogen) atoms. The molecule has 0 aliphatic heterocycles. The first-order chi connectivity index (χ1) is 4.61. The number of hydrogen-bond donors (Lipinski definition) is 1. The molecule has 0 bridgehead atoms. The minimum absolute atomic E-state index is 0.118. The first-order valence-corrected chi connectivity index (χ1v) is 3.44. The highest BCUT2D eigenvalue weighted by molar-refractivity contribution is 7.15. The van der Waals surface area contributed by atoms with E-state index in [1.54, 1.807) is 6.92 Å². The minimum atomic E-state index is -2.55. The Morgan fingerprint density at radius 3 is 2.40 bits per heavy atom. The van der Waals surface area contributed by atoms with Crippen molar-refractivity contribution in [2.75, 3.05) is 5.73 Å². The second kappa shape index (κ2) is 2.49. The van der Waals surface area contributed by atoms with Crippen molar-refractivity contribution in [1.29, 1.82) is 0 Å². The van der Waals surface area contributed by atoms with Crippen molar-refractivity contribution in [3.63, 3.8) is 0 Å². The summed E-state index contributed by atoms with van der Waals surface area (Å²) in [6.07, 6.45) is -2.55. The van der Waals surface area contributed by atoms with Gasteiger partial charge in [-0.3, -0.25) is 0 Å². The van der Waals surface area contributed by atoms with Gasteiger partial charge in [-0.1, -0.05) is 0 Å². The molecule has 1 rings (SSSR count). The van der Waals surface area contributed by atoms with E-state index in [1.165, 1.54) is 0 Å². The average Bonchev–Trinajstić information content (AvgIpc) is 2.10. The van der Waals surface area contributed by atoms with E-state index >= 15 is 0 Å². The fourth-order valence-electron chi connectivity index (χ4n) is 0.615. The molecule has 1 aromatic heterocycles. The van der Waals surface area contributed by atoms with Crippen LogP contribution in [-0.4, -0.2) is 4.98 Å². The number of anilines is 1. The molecule has 0 fully saturated rings. The van der Waals surface area contributed by atoms with Crippen LogP contribution >= 0.6 is 11.3 Å². The van der Waals surface area contributed by atoms with E-state index in [-0.39, 0.29) is 10.7 Å². The number of halogens is 2. The first kappa shape index (κ1) is 7.40. The zero-order chi connectivity index (χ0) is 7.72. The monoisotopic (exact) mass is 164 g/mol. The van der Waals surface area contributed by atoms with Crippen LogP contribution in [0, 0.1) is 6.92 Å². The molecule has 0 aliphatic rings. The Morgan fingerprint density at radius 2 is 2.20 bits per heavy atom. The lowest BCUT2D eigenvalue weighted by Crippen LogP contribution is -1.90. The third-order valence-corrected chi connectivity index (χ3v) is 1.81. The van der Waals surface area contributed by atoms with Gasteiger partial charge in [-0.15, -0.1) is 11.3 Å². The molecule has 0 saturated heterocycles. The largest absolute Gasteiger partial charge is 0.389 e. The van der Waals surface area contributed by atoms with Crippen LogP contribution in [0.2, 0.25) is 0 Å². The van der Waals surface area contributed by atoms with E-state index in [0.717, 1.165) is 11.3 Å². The smallest absolute Gasteiger partial charge is 0.283 e. The van der Waals surface area contributed by atoms with E-state index < -0.39 is 6.43 Å². The third-order valence-electron chi connectivity index (χ3n) is 0.995. The van der Waals surface area contributed by atoms with Crippen molar-refractivity contribution < 1.29 is 8.78 Å². The molecule has 56 valence electrons. The molecule has 0 unspecified atom stereocenters. The Bertz CT molecular complexity index is 234. The highest BCUT2D eigenvalue weighted by Gasteiger charge is 2.15. The fraction of sp³-hybridized carbons (Fsp3) is 0.400. The van der Waals surface area contributed by atoms with Gasteiger partial charge in [-0.05, 0) is 6.92 Å².